The van der Waals surface area contributed by atoms with Crippen molar-refractivity contribution < 1.29 is 8.83 Å². The highest BCUT2D eigenvalue weighted by molar-refractivity contribution is 6.25. The molecule has 0 fully saturated rings. The van der Waals surface area contributed by atoms with Crippen LogP contribution in [0.1, 0.15) is 0 Å². The summed E-state index contributed by atoms with van der Waals surface area (Å²) >= 11 is 0. The van der Waals surface area contributed by atoms with Gasteiger partial charge >= 0.3 is 0 Å². The van der Waals surface area contributed by atoms with Gasteiger partial charge < -0.3 is 18.0 Å². The SMILES string of the molecule is c1ccc2c(c1)-c1ccccc1-n1c3cc4c5ccc(-c6ccc7c(c6)-c6cccc8c9cc%10c(cc9n(c68)-c6ccccc6-7)c6ccccc6n%10-c6nc(-c7ccc8ccccc8c7)nc(-c7ccc8c(c7)oc7ccccc78)n6)cc5n(-c5nc(-c6ccc7ccccc7c6)nc(-c6cccc7c6oc6ccccc67)n5)c4cc3c3cccc-2c31. The van der Waals surface area contributed by atoms with E-state index in [-0.39, 0.29) is 0 Å². The number of benzene rings is 18. The molecule has 26 aromatic rings. The number of furan rings is 2. The number of hydrogen-bond donors (Lipinski definition) is 0. The van der Waals surface area contributed by atoms with Gasteiger partial charge in [0, 0.05) is 104 Å². The van der Waals surface area contributed by atoms with Gasteiger partial charge in [0.1, 0.15) is 22.3 Å². The van der Waals surface area contributed by atoms with Crippen LogP contribution in [0.25, 0.3) is 277 Å². The summed E-state index contributed by atoms with van der Waals surface area (Å²) < 4.78 is 22.9. The van der Waals surface area contributed by atoms with Gasteiger partial charge in [0.25, 0.3) is 0 Å². The summed E-state index contributed by atoms with van der Waals surface area (Å²) in [4.78, 5) is 33.3. The van der Waals surface area contributed by atoms with Crippen LogP contribution in [0.15, 0.2) is 373 Å². The maximum Gasteiger partial charge on any atom is 0.238 e. The molecule has 0 amide bonds. The Morgan fingerprint density at radius 3 is 1.20 bits per heavy atom. The van der Waals surface area contributed by atoms with Crippen LogP contribution >= 0.6 is 0 Å². The molecule has 0 radical (unpaired) electrons. The zero-order valence-electron chi connectivity index (χ0n) is 64.9. The van der Waals surface area contributed by atoms with Gasteiger partial charge in [-0.3, -0.25) is 9.13 Å². The van der Waals surface area contributed by atoms with E-state index < -0.39 is 0 Å². The molecular formula is C110H60N10O2. The number of para-hydroxylation sites is 8. The predicted octanol–water partition coefficient (Wildman–Crippen LogP) is 28.2. The standard InChI is InChI=1S/C110H60N10O2/c1-3-22-63-52-67(44-42-61(63)20-1)105-111-107(69-48-51-79-77-29-10-15-40-99(77)121-101(79)56-69)115-109(113-105)119-93-39-14-9-28-75(93)87-57-95-89(59-97(87)119)83-34-18-32-81-86-54-65(46-49-72(86)74-27-8-13-38-92(74)118(95)103(81)83)66-47-50-76-88-58-96-90(82-33-17-31-80-71-25-6-5-24-70(71)73-26-7-12-37-91(73)117(96)102(80)82)60-98(88)120(94(76)55-66)110-114-106(68-45-43-62-21-2-4-23-64(62)53-68)112-108(116-110)85-36-19-35-84-78-30-11-16-41-100(78)122-104(84)85/h1-60H. The van der Waals surface area contributed by atoms with Crippen molar-refractivity contribution in [1.82, 2.24) is 48.2 Å². The maximum absolute atomic E-state index is 6.85. The fourth-order valence-corrected chi connectivity index (χ4v) is 20.5. The minimum Gasteiger partial charge on any atom is -0.456 e. The average molecular weight is 1550 g/mol. The molecule has 0 saturated carbocycles. The lowest BCUT2D eigenvalue weighted by Gasteiger charge is -2.14. The van der Waals surface area contributed by atoms with Gasteiger partial charge in [0.15, 0.2) is 23.3 Å². The van der Waals surface area contributed by atoms with E-state index in [1.807, 2.05) is 24.3 Å². The molecule has 12 heteroatoms. The topological polar surface area (TPSA) is 123 Å². The van der Waals surface area contributed by atoms with Gasteiger partial charge in [-0.25, -0.2) is 9.97 Å². The summed E-state index contributed by atoms with van der Waals surface area (Å²) in [6, 6.07) is 131. The highest BCUT2D eigenvalue weighted by atomic mass is 16.3. The molecule has 562 valence electrons. The molecule has 28 rings (SSSR count). The minimum atomic E-state index is 0.476. The average Bonchev–Trinajstić information content (AvgIpc) is 1.51. The Bertz CT molecular complexity index is 9200. The Balaban J connectivity index is 0.665. The van der Waals surface area contributed by atoms with Crippen molar-refractivity contribution in [3.8, 4) is 124 Å². The molecule has 8 aromatic heterocycles. The Labute approximate surface area is 693 Å². The quantitative estimate of drug-likeness (QED) is 0.155. The van der Waals surface area contributed by atoms with Crippen molar-refractivity contribution >= 4 is 153 Å². The maximum atomic E-state index is 6.85. The van der Waals surface area contributed by atoms with E-state index in [0.29, 0.717) is 40.8 Å². The van der Waals surface area contributed by atoms with Crippen LogP contribution in [0.3, 0.4) is 0 Å². The van der Waals surface area contributed by atoms with Gasteiger partial charge in [-0.1, -0.05) is 267 Å². The van der Waals surface area contributed by atoms with Crippen molar-refractivity contribution in [2.24, 2.45) is 0 Å². The Kier molecular flexibility index (Phi) is 13.1. The third kappa shape index (κ3) is 9.23. The second-order valence-corrected chi connectivity index (χ2v) is 32.4. The molecule has 12 nitrogen and oxygen atoms in total. The van der Waals surface area contributed by atoms with Crippen LogP contribution in [0.4, 0.5) is 0 Å². The largest absolute Gasteiger partial charge is 0.456 e. The highest BCUT2D eigenvalue weighted by Gasteiger charge is 2.32. The fourth-order valence-electron chi connectivity index (χ4n) is 20.5. The predicted molar refractivity (Wildman–Crippen MR) is 496 cm³/mol. The van der Waals surface area contributed by atoms with E-state index >= 15 is 0 Å². The van der Waals surface area contributed by atoms with Crippen LogP contribution in [0.5, 0.6) is 0 Å². The summed E-state index contributed by atoms with van der Waals surface area (Å²) in [6.07, 6.45) is 0. The molecule has 122 heavy (non-hydrogen) atoms. The lowest BCUT2D eigenvalue weighted by atomic mass is 9.90. The Hall–Kier alpha value is -16.7. The minimum absolute atomic E-state index is 0.476. The van der Waals surface area contributed by atoms with Crippen LogP contribution < -0.4 is 0 Å². The van der Waals surface area contributed by atoms with Crippen molar-refractivity contribution in [2.45, 2.75) is 0 Å². The van der Waals surface area contributed by atoms with Gasteiger partial charge in [-0.15, -0.1) is 0 Å². The summed E-state index contributed by atoms with van der Waals surface area (Å²) in [5.41, 5.74) is 28.4. The molecular weight excluding hydrogens is 1490 g/mol. The number of nitrogens with zero attached hydrogens (tertiary/aromatic N) is 10. The lowest BCUT2D eigenvalue weighted by Crippen LogP contribution is -2.06. The summed E-state index contributed by atoms with van der Waals surface area (Å²) in [5, 5.41) is 17.3. The monoisotopic (exact) mass is 1550 g/mol. The summed E-state index contributed by atoms with van der Waals surface area (Å²) in [6.45, 7) is 0. The molecule has 0 bridgehead atoms. The molecule has 2 aliphatic heterocycles. The first kappa shape index (κ1) is 65.4. The third-order valence-electron chi connectivity index (χ3n) is 25.9. The molecule has 0 N–H and O–H groups in total. The van der Waals surface area contributed by atoms with Crippen molar-refractivity contribution in [3.05, 3.63) is 364 Å². The normalized spacial score (nSPS) is 12.4. The van der Waals surface area contributed by atoms with Crippen molar-refractivity contribution in [2.75, 3.05) is 0 Å². The van der Waals surface area contributed by atoms with E-state index in [9.17, 15) is 0 Å². The number of rotatable bonds is 7. The van der Waals surface area contributed by atoms with E-state index in [4.69, 9.17) is 38.7 Å². The first-order valence-corrected chi connectivity index (χ1v) is 41.3. The van der Waals surface area contributed by atoms with Gasteiger partial charge in [-0.05, 0) is 152 Å². The molecule has 10 heterocycles. The third-order valence-corrected chi connectivity index (χ3v) is 25.9. The number of hydrogen-bond acceptors (Lipinski definition) is 8. The Morgan fingerprint density at radius 2 is 0.566 bits per heavy atom. The summed E-state index contributed by atoms with van der Waals surface area (Å²) in [7, 11) is 0. The second-order valence-electron chi connectivity index (χ2n) is 32.4. The fraction of sp³-hybridized carbons (Fsp3) is 0. The zero-order valence-corrected chi connectivity index (χ0v) is 64.9. The molecule has 0 atom stereocenters. The first-order chi connectivity index (χ1) is 60.4. The first-order valence-electron chi connectivity index (χ1n) is 41.3. The van der Waals surface area contributed by atoms with Crippen LogP contribution in [0.2, 0.25) is 0 Å². The molecule has 0 aliphatic carbocycles. The van der Waals surface area contributed by atoms with E-state index in [1.54, 1.807) is 0 Å². The number of aromatic nitrogens is 10. The van der Waals surface area contributed by atoms with Crippen LogP contribution in [-0.2, 0) is 0 Å². The highest BCUT2D eigenvalue weighted by Crippen LogP contribution is 2.53. The van der Waals surface area contributed by atoms with Crippen molar-refractivity contribution in [1.29, 1.82) is 0 Å². The second kappa shape index (κ2) is 24.5. The molecule has 0 unspecified atom stereocenters. The van der Waals surface area contributed by atoms with Crippen LogP contribution in [-0.4, -0.2) is 48.2 Å². The van der Waals surface area contributed by atoms with E-state index in [1.165, 1.54) is 27.8 Å². The van der Waals surface area contributed by atoms with Gasteiger partial charge in [-0.2, -0.15) is 19.9 Å². The lowest BCUT2D eigenvalue weighted by molar-refractivity contribution is 0.669. The smallest absolute Gasteiger partial charge is 0.238 e. The van der Waals surface area contributed by atoms with Gasteiger partial charge in [0.05, 0.1) is 61.1 Å². The summed E-state index contributed by atoms with van der Waals surface area (Å²) in [5.74, 6) is 3.12. The molecule has 0 saturated heterocycles. The van der Waals surface area contributed by atoms with E-state index in [2.05, 4.69) is 358 Å². The van der Waals surface area contributed by atoms with Gasteiger partial charge in [0.2, 0.25) is 11.9 Å². The molecule has 0 spiro atoms. The Morgan fingerprint density at radius 1 is 0.180 bits per heavy atom. The molecule has 2 aliphatic rings. The van der Waals surface area contributed by atoms with Crippen LogP contribution in [0, 0.1) is 0 Å². The molecule has 18 aromatic carbocycles. The van der Waals surface area contributed by atoms with E-state index in [0.717, 1.165) is 209 Å². The number of fused-ring (bicyclic) bond motifs is 30. The zero-order chi connectivity index (χ0) is 79.3. The van der Waals surface area contributed by atoms with Crippen molar-refractivity contribution in [3.63, 3.8) is 0 Å².